The Morgan fingerprint density at radius 3 is 2.66 bits per heavy atom. The van der Waals surface area contributed by atoms with Crippen molar-refractivity contribution in [2.24, 2.45) is 0 Å². The number of anilines is 1. The number of benzene rings is 2. The normalized spacial score (nSPS) is 12.8. The number of likely N-dealkylation sites (N-methyl/N-ethyl adjacent to an activating group) is 1. The number of carbonyl (C=O) groups is 1. The number of hydrogen-bond donors (Lipinski definition) is 1. The van der Waals surface area contributed by atoms with Gasteiger partial charge in [0.05, 0.1) is 5.69 Å². The Balaban J connectivity index is 1.55. The van der Waals surface area contributed by atoms with Gasteiger partial charge >= 0.3 is 0 Å². The Morgan fingerprint density at radius 1 is 1.12 bits per heavy atom. The predicted molar refractivity (Wildman–Crippen MR) is 123 cm³/mol. The van der Waals surface area contributed by atoms with Crippen molar-refractivity contribution in [2.45, 2.75) is 33.1 Å². The molecule has 1 amide bonds. The molecule has 0 atom stereocenters. The second kappa shape index (κ2) is 9.96. The topological polar surface area (TPSA) is 59.4 Å². The van der Waals surface area contributed by atoms with E-state index in [2.05, 4.69) is 29.2 Å². The molecule has 1 heterocycles. The van der Waals surface area contributed by atoms with Gasteiger partial charge in [0.15, 0.2) is 5.69 Å². The number of nitrogens with one attached hydrogen (secondary N) is 1. The number of ether oxygens (including phenoxy) is 1. The first kappa shape index (κ1) is 22.0. The van der Waals surface area contributed by atoms with E-state index in [0.29, 0.717) is 29.4 Å². The maximum Gasteiger partial charge on any atom is 0.276 e. The Bertz CT molecular complexity index is 1090. The van der Waals surface area contributed by atoms with Crippen molar-refractivity contribution in [1.29, 1.82) is 0 Å². The number of halogens is 1. The van der Waals surface area contributed by atoms with E-state index in [1.807, 2.05) is 24.3 Å². The minimum absolute atomic E-state index is 0.307. The fourth-order valence-corrected chi connectivity index (χ4v) is 4.14. The van der Waals surface area contributed by atoms with Crippen LogP contribution in [-0.4, -0.2) is 46.8 Å². The lowest BCUT2D eigenvalue weighted by Gasteiger charge is -2.19. The molecule has 1 N–H and O–H groups in total. The number of fused-ring (bicyclic) bond motifs is 1. The predicted octanol–water partition coefficient (Wildman–Crippen LogP) is 4.47. The van der Waals surface area contributed by atoms with E-state index >= 15 is 0 Å². The van der Waals surface area contributed by atoms with Crippen molar-refractivity contribution in [3.8, 4) is 11.4 Å². The van der Waals surface area contributed by atoms with Crippen LogP contribution in [0.25, 0.3) is 5.69 Å². The van der Waals surface area contributed by atoms with Crippen molar-refractivity contribution in [3.63, 3.8) is 0 Å². The summed E-state index contributed by atoms with van der Waals surface area (Å²) in [6.45, 7) is 7.52. The van der Waals surface area contributed by atoms with Crippen LogP contribution in [0.4, 0.5) is 10.1 Å². The highest BCUT2D eigenvalue weighted by atomic mass is 19.1. The molecule has 168 valence electrons. The lowest BCUT2D eigenvalue weighted by molar-refractivity contribution is 0.102. The lowest BCUT2D eigenvalue weighted by atomic mass is 10.2. The third kappa shape index (κ3) is 4.53. The van der Waals surface area contributed by atoms with Gasteiger partial charge < -0.3 is 15.0 Å². The molecule has 3 aromatic rings. The van der Waals surface area contributed by atoms with Gasteiger partial charge in [0, 0.05) is 17.8 Å². The summed E-state index contributed by atoms with van der Waals surface area (Å²) in [5.41, 5.74) is 3.11. The average Bonchev–Trinajstić information content (AvgIpc) is 3.41. The van der Waals surface area contributed by atoms with E-state index in [1.54, 1.807) is 22.9 Å². The molecule has 0 radical (unpaired) electrons. The third-order valence-electron chi connectivity index (χ3n) is 5.92. The quantitative estimate of drug-likeness (QED) is 0.538. The maximum atomic E-state index is 14.4. The van der Waals surface area contributed by atoms with Crippen LogP contribution in [0.15, 0.2) is 48.5 Å². The summed E-state index contributed by atoms with van der Waals surface area (Å²) in [6, 6.07) is 13.9. The smallest absolute Gasteiger partial charge is 0.276 e. The van der Waals surface area contributed by atoms with Crippen molar-refractivity contribution >= 4 is 11.6 Å². The van der Waals surface area contributed by atoms with Crippen LogP contribution < -0.4 is 10.1 Å². The van der Waals surface area contributed by atoms with Crippen LogP contribution in [0.3, 0.4) is 0 Å². The number of aromatic nitrogens is 2. The van der Waals surface area contributed by atoms with E-state index in [-0.39, 0.29) is 11.7 Å². The van der Waals surface area contributed by atoms with Crippen molar-refractivity contribution in [3.05, 3.63) is 71.3 Å². The molecule has 0 saturated heterocycles. The molecule has 0 bridgehead atoms. The highest BCUT2D eigenvalue weighted by Crippen LogP contribution is 2.30. The Morgan fingerprint density at radius 2 is 1.88 bits per heavy atom. The summed E-state index contributed by atoms with van der Waals surface area (Å²) >= 11 is 0. The van der Waals surface area contributed by atoms with Crippen LogP contribution in [0, 0.1) is 5.82 Å². The van der Waals surface area contributed by atoms with E-state index in [1.165, 1.54) is 6.07 Å². The molecule has 2 aromatic carbocycles. The molecule has 0 unspecified atom stereocenters. The van der Waals surface area contributed by atoms with Crippen molar-refractivity contribution < 1.29 is 13.9 Å². The maximum absolute atomic E-state index is 14.4. The molecule has 1 aromatic heterocycles. The number of rotatable bonds is 9. The number of para-hydroxylation sites is 3. The van der Waals surface area contributed by atoms with Gasteiger partial charge in [-0.2, -0.15) is 5.10 Å². The molecule has 1 aliphatic carbocycles. The van der Waals surface area contributed by atoms with Gasteiger partial charge in [0.25, 0.3) is 5.91 Å². The average molecular weight is 437 g/mol. The van der Waals surface area contributed by atoms with Gasteiger partial charge in [0.2, 0.25) is 0 Å². The SMILES string of the molecule is CCN(CC)CCOc1ccccc1NC(=O)c1nn(-c2ccccc2F)c2c1CCC2. The van der Waals surface area contributed by atoms with E-state index < -0.39 is 0 Å². The summed E-state index contributed by atoms with van der Waals surface area (Å²) < 4.78 is 21.9. The van der Waals surface area contributed by atoms with Gasteiger partial charge in [-0.3, -0.25) is 4.79 Å². The number of carbonyl (C=O) groups excluding carboxylic acids is 1. The number of hydrogen-bond acceptors (Lipinski definition) is 4. The minimum Gasteiger partial charge on any atom is -0.490 e. The first-order valence-corrected chi connectivity index (χ1v) is 11.2. The zero-order chi connectivity index (χ0) is 22.5. The highest BCUT2D eigenvalue weighted by Gasteiger charge is 2.28. The third-order valence-corrected chi connectivity index (χ3v) is 5.92. The molecule has 0 spiro atoms. The van der Waals surface area contributed by atoms with Crippen LogP contribution >= 0.6 is 0 Å². The van der Waals surface area contributed by atoms with Gasteiger partial charge in [-0.15, -0.1) is 0 Å². The molecule has 0 aliphatic heterocycles. The molecule has 6 nitrogen and oxygen atoms in total. The van der Waals surface area contributed by atoms with Crippen LogP contribution in [0.1, 0.15) is 42.0 Å². The molecule has 0 fully saturated rings. The summed E-state index contributed by atoms with van der Waals surface area (Å²) in [6.07, 6.45) is 2.45. The fraction of sp³-hybridized carbons (Fsp3) is 0.360. The van der Waals surface area contributed by atoms with Gasteiger partial charge in [-0.25, -0.2) is 9.07 Å². The van der Waals surface area contributed by atoms with E-state index in [0.717, 1.165) is 50.2 Å². The monoisotopic (exact) mass is 436 g/mol. The largest absolute Gasteiger partial charge is 0.490 e. The van der Waals surface area contributed by atoms with Gasteiger partial charge in [-0.1, -0.05) is 38.1 Å². The second-order valence-electron chi connectivity index (χ2n) is 7.82. The van der Waals surface area contributed by atoms with Crippen molar-refractivity contribution in [1.82, 2.24) is 14.7 Å². The number of amides is 1. The van der Waals surface area contributed by atoms with Gasteiger partial charge in [-0.05, 0) is 56.6 Å². The molecule has 7 heteroatoms. The lowest BCUT2D eigenvalue weighted by Crippen LogP contribution is -2.28. The fourth-order valence-electron chi connectivity index (χ4n) is 4.14. The first-order valence-electron chi connectivity index (χ1n) is 11.2. The van der Waals surface area contributed by atoms with Crippen LogP contribution in [0.2, 0.25) is 0 Å². The molecule has 1 aliphatic rings. The van der Waals surface area contributed by atoms with Crippen LogP contribution in [0.5, 0.6) is 5.75 Å². The molecular weight excluding hydrogens is 407 g/mol. The Kier molecular flexibility index (Phi) is 6.85. The molecule has 4 rings (SSSR count). The molecule has 32 heavy (non-hydrogen) atoms. The Hall–Kier alpha value is -3.19. The van der Waals surface area contributed by atoms with E-state index in [9.17, 15) is 9.18 Å². The second-order valence-corrected chi connectivity index (χ2v) is 7.82. The summed E-state index contributed by atoms with van der Waals surface area (Å²) in [7, 11) is 0. The highest BCUT2D eigenvalue weighted by molar-refractivity contribution is 6.05. The zero-order valence-corrected chi connectivity index (χ0v) is 18.6. The number of nitrogens with zero attached hydrogens (tertiary/aromatic N) is 3. The molecular formula is C25H29FN4O2. The van der Waals surface area contributed by atoms with Gasteiger partial charge in [0.1, 0.15) is 23.9 Å². The standard InChI is InChI=1S/C25H29FN4O2/c1-3-29(4-2)16-17-32-23-15-8-6-12-20(23)27-25(31)24-18-10-9-14-21(18)30(28-24)22-13-7-5-11-19(22)26/h5-8,11-13,15H,3-4,9-10,14,16-17H2,1-2H3,(H,27,31). The van der Waals surface area contributed by atoms with E-state index in [4.69, 9.17) is 4.74 Å². The van der Waals surface area contributed by atoms with Crippen LogP contribution in [-0.2, 0) is 12.8 Å². The van der Waals surface area contributed by atoms with Crippen molar-refractivity contribution in [2.75, 3.05) is 31.6 Å². The Labute approximate surface area is 188 Å². The summed E-state index contributed by atoms with van der Waals surface area (Å²) in [4.78, 5) is 15.5. The molecule has 0 saturated carbocycles. The minimum atomic E-state index is -0.358. The summed E-state index contributed by atoms with van der Waals surface area (Å²) in [5.74, 6) is -0.0418. The first-order chi connectivity index (χ1) is 15.6. The zero-order valence-electron chi connectivity index (χ0n) is 18.6. The summed E-state index contributed by atoms with van der Waals surface area (Å²) in [5, 5.41) is 7.47.